The molecule has 2 atom stereocenters. The van der Waals surface area contributed by atoms with E-state index in [1.54, 1.807) is 0 Å². The van der Waals surface area contributed by atoms with Gasteiger partial charge < -0.3 is 19.6 Å². The van der Waals surface area contributed by atoms with E-state index in [-0.39, 0.29) is 23.3 Å². The van der Waals surface area contributed by atoms with Gasteiger partial charge in [-0.2, -0.15) is 0 Å². The number of aromatic amines is 1. The van der Waals surface area contributed by atoms with Gasteiger partial charge >= 0.3 is 0 Å². The highest BCUT2D eigenvalue weighted by molar-refractivity contribution is 5.83. The number of hydrogen-bond donors (Lipinski definition) is 2. The van der Waals surface area contributed by atoms with Crippen molar-refractivity contribution in [2.24, 2.45) is 11.3 Å². The van der Waals surface area contributed by atoms with Gasteiger partial charge in [0.2, 0.25) is 5.91 Å². The number of H-pyrrole nitrogens is 1. The highest BCUT2D eigenvalue weighted by Crippen LogP contribution is 2.59. The van der Waals surface area contributed by atoms with Crippen LogP contribution in [0.1, 0.15) is 76.6 Å². The topological polar surface area (TPSA) is 104 Å². The van der Waals surface area contributed by atoms with E-state index >= 15 is 0 Å². The third kappa shape index (κ3) is 5.38. The molecular formula is C28H37N5O3. The number of nitrogens with one attached hydrogen (secondary N) is 2. The van der Waals surface area contributed by atoms with E-state index in [9.17, 15) is 9.59 Å². The van der Waals surface area contributed by atoms with Gasteiger partial charge in [-0.3, -0.25) is 9.59 Å². The Balaban J connectivity index is 1.26. The first-order valence-corrected chi connectivity index (χ1v) is 13.4. The summed E-state index contributed by atoms with van der Waals surface area (Å²) in [4.78, 5) is 39.6. The predicted octanol–water partition coefficient (Wildman–Crippen LogP) is 5.04. The fourth-order valence-electron chi connectivity index (χ4n) is 5.59. The van der Waals surface area contributed by atoms with Crippen molar-refractivity contribution in [3.63, 3.8) is 0 Å². The molecule has 1 aliphatic carbocycles. The van der Waals surface area contributed by atoms with Crippen molar-refractivity contribution in [1.29, 1.82) is 0 Å². The normalized spacial score (nSPS) is 20.0. The molecule has 2 fully saturated rings. The van der Waals surface area contributed by atoms with Crippen LogP contribution in [0.4, 0.5) is 0 Å². The molecule has 3 heterocycles. The fourth-order valence-corrected chi connectivity index (χ4v) is 5.59. The summed E-state index contributed by atoms with van der Waals surface area (Å²) in [6, 6.07) is 5.70. The molecule has 1 spiro atoms. The molecule has 5 rings (SSSR count). The quantitative estimate of drug-likeness (QED) is 0.364. The number of imidazole rings is 1. The Morgan fingerprint density at radius 3 is 2.86 bits per heavy atom. The number of ketones is 1. The largest absolute Gasteiger partial charge is 0.443 e. The lowest BCUT2D eigenvalue weighted by molar-refractivity contribution is -0.124. The van der Waals surface area contributed by atoms with E-state index in [0.717, 1.165) is 86.2 Å². The van der Waals surface area contributed by atoms with Crippen molar-refractivity contribution in [3.05, 3.63) is 36.6 Å². The van der Waals surface area contributed by atoms with Gasteiger partial charge in [0.1, 0.15) is 17.1 Å². The van der Waals surface area contributed by atoms with Crippen LogP contribution in [0.15, 0.2) is 35.2 Å². The highest BCUT2D eigenvalue weighted by Gasteiger charge is 2.58. The molecule has 2 aromatic heterocycles. The number of carbonyl (C=O) groups is 2. The Labute approximate surface area is 212 Å². The minimum atomic E-state index is -0.175. The molecule has 192 valence electrons. The summed E-state index contributed by atoms with van der Waals surface area (Å²) in [5.74, 6) is 1.36. The molecule has 1 saturated carbocycles. The van der Waals surface area contributed by atoms with E-state index in [2.05, 4.69) is 32.2 Å². The second kappa shape index (κ2) is 10.5. The second-order valence-electron chi connectivity index (χ2n) is 10.7. The minimum absolute atomic E-state index is 0.110. The van der Waals surface area contributed by atoms with Crippen molar-refractivity contribution >= 4 is 22.8 Å². The molecule has 1 amide bonds. The van der Waals surface area contributed by atoms with Crippen LogP contribution in [0.5, 0.6) is 0 Å². The lowest BCUT2D eigenvalue weighted by Gasteiger charge is -2.30. The number of fused-ring (bicyclic) bond motifs is 1. The van der Waals surface area contributed by atoms with Crippen LogP contribution in [0.25, 0.3) is 22.4 Å². The number of hydrogen-bond acceptors (Lipinski definition) is 6. The predicted molar refractivity (Wildman–Crippen MR) is 138 cm³/mol. The average Bonchev–Trinajstić information content (AvgIpc) is 3.21. The molecule has 3 aromatic rings. The highest BCUT2D eigenvalue weighted by atomic mass is 16.3. The first-order chi connectivity index (χ1) is 17.5. The van der Waals surface area contributed by atoms with Gasteiger partial charge in [0, 0.05) is 24.3 Å². The smallest absolute Gasteiger partial charge is 0.224 e. The van der Waals surface area contributed by atoms with Gasteiger partial charge in [-0.25, -0.2) is 9.97 Å². The van der Waals surface area contributed by atoms with Crippen LogP contribution in [-0.2, 0) is 9.59 Å². The SMILES string of the molecule is CCC(=O)CCCCC[C@H](NC(=O)[C@H]1CC12CCN(C)CC2)c1ncc(-c2ccc3ncoc3c2)[nH]1. The average molecular weight is 492 g/mol. The molecular weight excluding hydrogens is 454 g/mol. The van der Waals surface area contributed by atoms with E-state index in [4.69, 9.17) is 4.42 Å². The number of piperidine rings is 1. The summed E-state index contributed by atoms with van der Waals surface area (Å²) in [5, 5.41) is 3.34. The summed E-state index contributed by atoms with van der Waals surface area (Å²) in [6.07, 6.45) is 11.3. The number of benzene rings is 1. The van der Waals surface area contributed by atoms with E-state index in [0.29, 0.717) is 18.6 Å². The summed E-state index contributed by atoms with van der Waals surface area (Å²) in [5.41, 5.74) is 3.59. The Morgan fingerprint density at radius 2 is 2.06 bits per heavy atom. The number of aromatic nitrogens is 3. The summed E-state index contributed by atoms with van der Waals surface area (Å²) in [7, 11) is 2.16. The van der Waals surface area contributed by atoms with Crippen LogP contribution in [0.3, 0.4) is 0 Å². The number of oxazole rings is 1. The maximum Gasteiger partial charge on any atom is 0.224 e. The Kier molecular flexibility index (Phi) is 7.23. The van der Waals surface area contributed by atoms with Crippen LogP contribution in [0, 0.1) is 11.3 Å². The third-order valence-corrected chi connectivity index (χ3v) is 8.22. The standard InChI is InChI=1S/C28H37N5O3/c1-3-20(34)7-5-4-6-8-23(32-27(35)21-16-28(21)11-13-33(2)14-12-28)26-29-17-24(31-26)19-9-10-22-25(15-19)36-18-30-22/h9-10,15,17-18,21,23H,3-8,11-14,16H2,1-2H3,(H,29,31)(H,32,35)/t21-,23+/m1/s1. The van der Waals surface area contributed by atoms with Gasteiger partial charge in [-0.15, -0.1) is 0 Å². The maximum atomic E-state index is 13.3. The van der Waals surface area contributed by atoms with Crippen LogP contribution < -0.4 is 5.32 Å². The number of likely N-dealkylation sites (tertiary alicyclic amines) is 1. The van der Waals surface area contributed by atoms with Crippen LogP contribution in [0.2, 0.25) is 0 Å². The zero-order chi connectivity index (χ0) is 25.1. The molecule has 2 N–H and O–H groups in total. The molecule has 0 unspecified atom stereocenters. The molecule has 1 saturated heterocycles. The molecule has 8 nitrogen and oxygen atoms in total. The first-order valence-electron chi connectivity index (χ1n) is 13.4. The lowest BCUT2D eigenvalue weighted by Crippen LogP contribution is -2.36. The molecule has 8 heteroatoms. The van der Waals surface area contributed by atoms with E-state index < -0.39 is 0 Å². The molecule has 0 radical (unpaired) electrons. The van der Waals surface area contributed by atoms with Crippen LogP contribution in [-0.4, -0.2) is 51.7 Å². The number of carbonyl (C=O) groups excluding carboxylic acids is 2. The van der Waals surface area contributed by atoms with Crippen molar-refractivity contribution in [1.82, 2.24) is 25.2 Å². The van der Waals surface area contributed by atoms with Gasteiger partial charge in [0.25, 0.3) is 0 Å². The first kappa shape index (κ1) is 24.7. The van der Waals surface area contributed by atoms with Gasteiger partial charge in [0.05, 0.1) is 17.9 Å². The molecule has 2 aliphatic rings. The maximum absolute atomic E-state index is 13.3. The number of Topliss-reactive ketones (excluding diaryl/α,β-unsaturated/α-hetero) is 1. The van der Waals surface area contributed by atoms with Crippen molar-refractivity contribution < 1.29 is 14.0 Å². The number of unbranched alkanes of at least 4 members (excludes halogenated alkanes) is 2. The Hall–Kier alpha value is -3.00. The molecule has 36 heavy (non-hydrogen) atoms. The number of rotatable bonds is 11. The molecule has 1 aromatic carbocycles. The zero-order valence-electron chi connectivity index (χ0n) is 21.4. The van der Waals surface area contributed by atoms with Crippen molar-refractivity contribution in [3.8, 4) is 11.3 Å². The zero-order valence-corrected chi connectivity index (χ0v) is 21.4. The fraction of sp³-hybridized carbons (Fsp3) is 0.571. The lowest BCUT2D eigenvalue weighted by atomic mass is 9.91. The minimum Gasteiger partial charge on any atom is -0.443 e. The summed E-state index contributed by atoms with van der Waals surface area (Å²) in [6.45, 7) is 4.05. The third-order valence-electron chi connectivity index (χ3n) is 8.22. The second-order valence-corrected chi connectivity index (χ2v) is 10.7. The molecule has 0 bridgehead atoms. The van der Waals surface area contributed by atoms with Crippen molar-refractivity contribution in [2.45, 2.75) is 70.8 Å². The molecule has 1 aliphatic heterocycles. The monoisotopic (exact) mass is 491 g/mol. The number of amides is 1. The number of nitrogens with zero attached hydrogens (tertiary/aromatic N) is 3. The van der Waals surface area contributed by atoms with Gasteiger partial charge in [-0.1, -0.05) is 25.8 Å². The van der Waals surface area contributed by atoms with Gasteiger partial charge in [-0.05, 0) is 69.8 Å². The van der Waals surface area contributed by atoms with Gasteiger partial charge in [0.15, 0.2) is 12.0 Å². The van der Waals surface area contributed by atoms with E-state index in [1.165, 1.54) is 6.39 Å². The van der Waals surface area contributed by atoms with E-state index in [1.807, 2.05) is 31.3 Å². The van der Waals surface area contributed by atoms with Crippen molar-refractivity contribution in [2.75, 3.05) is 20.1 Å². The Morgan fingerprint density at radius 1 is 1.22 bits per heavy atom. The summed E-state index contributed by atoms with van der Waals surface area (Å²) >= 11 is 0. The Bertz CT molecular complexity index is 1210. The summed E-state index contributed by atoms with van der Waals surface area (Å²) < 4.78 is 5.45. The van der Waals surface area contributed by atoms with Crippen LogP contribution >= 0.6 is 0 Å².